The van der Waals surface area contributed by atoms with Gasteiger partial charge in [0.25, 0.3) is 0 Å². The van der Waals surface area contributed by atoms with Gasteiger partial charge in [-0.15, -0.1) is 0 Å². The highest BCUT2D eigenvalue weighted by Crippen LogP contribution is 1.81. The standard InChI is InChI=1S/C5H8N2O5/c1-2(8)3(6-4(9)10)7-5(11)12/h3,6-7H,1H3,(H,9,10)(H,11,12). The number of carbonyl (C=O) groups is 3. The molecule has 0 aliphatic heterocycles. The molecule has 0 aliphatic carbocycles. The van der Waals surface area contributed by atoms with E-state index in [1.165, 1.54) is 0 Å². The van der Waals surface area contributed by atoms with Gasteiger partial charge >= 0.3 is 12.2 Å². The van der Waals surface area contributed by atoms with Gasteiger partial charge in [0.2, 0.25) is 0 Å². The first-order valence-corrected chi connectivity index (χ1v) is 2.93. The van der Waals surface area contributed by atoms with Crippen molar-refractivity contribution in [1.29, 1.82) is 0 Å². The van der Waals surface area contributed by atoms with Crippen LogP contribution in [0.15, 0.2) is 0 Å². The molecule has 0 spiro atoms. The number of rotatable bonds is 3. The fourth-order valence-corrected chi connectivity index (χ4v) is 0.486. The second-order valence-electron chi connectivity index (χ2n) is 1.94. The van der Waals surface area contributed by atoms with E-state index in [-0.39, 0.29) is 0 Å². The zero-order valence-corrected chi connectivity index (χ0v) is 6.20. The van der Waals surface area contributed by atoms with Gasteiger partial charge in [0, 0.05) is 0 Å². The highest BCUT2D eigenvalue weighted by atomic mass is 16.4. The van der Waals surface area contributed by atoms with Gasteiger partial charge in [-0.3, -0.25) is 15.4 Å². The SMILES string of the molecule is CC(=O)C(NC(=O)O)NC(=O)O. The summed E-state index contributed by atoms with van der Waals surface area (Å²) in [6.45, 7) is 1.07. The van der Waals surface area contributed by atoms with Crippen molar-refractivity contribution in [1.82, 2.24) is 10.6 Å². The van der Waals surface area contributed by atoms with Crippen molar-refractivity contribution >= 4 is 18.0 Å². The molecule has 0 fully saturated rings. The number of ketones is 1. The molecule has 7 nitrogen and oxygen atoms in total. The van der Waals surface area contributed by atoms with E-state index >= 15 is 0 Å². The Labute approximate surface area is 67.4 Å². The van der Waals surface area contributed by atoms with E-state index in [4.69, 9.17) is 10.2 Å². The summed E-state index contributed by atoms with van der Waals surface area (Å²) in [5, 5.41) is 19.7. The van der Waals surface area contributed by atoms with Crippen molar-refractivity contribution in [3.05, 3.63) is 0 Å². The molecular formula is C5H8N2O5. The van der Waals surface area contributed by atoms with Gasteiger partial charge in [0.1, 0.15) is 0 Å². The molecule has 0 heterocycles. The average molecular weight is 176 g/mol. The number of Topliss-reactive ketones (excluding diaryl/α,β-unsaturated/α-hetero) is 1. The Morgan fingerprint density at radius 3 is 1.58 bits per heavy atom. The van der Waals surface area contributed by atoms with Crippen LogP contribution in [0.2, 0.25) is 0 Å². The lowest BCUT2D eigenvalue weighted by Crippen LogP contribution is -2.51. The summed E-state index contributed by atoms with van der Waals surface area (Å²) in [5.41, 5.74) is 0. The first-order chi connectivity index (χ1) is 5.43. The van der Waals surface area contributed by atoms with E-state index in [1.807, 2.05) is 0 Å². The molecule has 0 unspecified atom stereocenters. The van der Waals surface area contributed by atoms with E-state index in [0.29, 0.717) is 0 Å². The van der Waals surface area contributed by atoms with E-state index in [0.717, 1.165) is 6.92 Å². The lowest BCUT2D eigenvalue weighted by atomic mass is 10.3. The highest BCUT2D eigenvalue weighted by Gasteiger charge is 2.17. The third-order valence-corrected chi connectivity index (χ3v) is 0.942. The third kappa shape index (κ3) is 4.09. The van der Waals surface area contributed by atoms with Crippen molar-refractivity contribution < 1.29 is 24.6 Å². The van der Waals surface area contributed by atoms with E-state index in [2.05, 4.69) is 0 Å². The fourth-order valence-electron chi connectivity index (χ4n) is 0.486. The number of hydrogen-bond donors (Lipinski definition) is 4. The third-order valence-electron chi connectivity index (χ3n) is 0.942. The molecule has 0 aromatic heterocycles. The van der Waals surface area contributed by atoms with Crippen LogP contribution in [0, 0.1) is 0 Å². The van der Waals surface area contributed by atoms with E-state index in [9.17, 15) is 14.4 Å². The highest BCUT2D eigenvalue weighted by molar-refractivity contribution is 5.87. The predicted octanol–water partition coefficient (Wildman–Crippen LogP) is -0.563. The Morgan fingerprint density at radius 2 is 1.42 bits per heavy atom. The van der Waals surface area contributed by atoms with E-state index < -0.39 is 24.1 Å². The molecule has 7 heteroatoms. The molecule has 0 bridgehead atoms. The summed E-state index contributed by atoms with van der Waals surface area (Å²) < 4.78 is 0. The monoisotopic (exact) mass is 176 g/mol. The van der Waals surface area contributed by atoms with Gasteiger partial charge < -0.3 is 10.2 Å². The number of carbonyl (C=O) groups excluding carboxylic acids is 1. The van der Waals surface area contributed by atoms with Crippen molar-refractivity contribution in [3.8, 4) is 0 Å². The minimum atomic E-state index is -1.47. The summed E-state index contributed by atoms with van der Waals surface area (Å²) in [5.74, 6) is -0.625. The quantitative estimate of drug-likeness (QED) is 0.430. The van der Waals surface area contributed by atoms with Crippen molar-refractivity contribution in [2.75, 3.05) is 0 Å². The van der Waals surface area contributed by atoms with Crippen LogP contribution in [0.5, 0.6) is 0 Å². The molecule has 0 atom stereocenters. The lowest BCUT2D eigenvalue weighted by molar-refractivity contribution is -0.119. The maximum absolute atomic E-state index is 10.6. The number of nitrogens with one attached hydrogen (secondary N) is 2. The van der Waals surface area contributed by atoms with Crippen LogP contribution >= 0.6 is 0 Å². The van der Waals surface area contributed by atoms with Crippen molar-refractivity contribution in [3.63, 3.8) is 0 Å². The molecular weight excluding hydrogens is 168 g/mol. The van der Waals surface area contributed by atoms with Crippen molar-refractivity contribution in [2.45, 2.75) is 13.1 Å². The first kappa shape index (κ1) is 10.2. The molecule has 2 amide bonds. The Kier molecular flexibility index (Phi) is 3.54. The molecule has 4 N–H and O–H groups in total. The van der Waals surface area contributed by atoms with Crippen LogP contribution in [0.1, 0.15) is 6.92 Å². The molecule has 0 aliphatic rings. The van der Waals surface area contributed by atoms with Gasteiger partial charge in [-0.05, 0) is 6.92 Å². The molecule has 0 rings (SSSR count). The number of hydrogen-bond acceptors (Lipinski definition) is 3. The van der Waals surface area contributed by atoms with Gasteiger partial charge in [-0.1, -0.05) is 0 Å². The molecule has 0 aromatic rings. The molecule has 0 aromatic carbocycles. The van der Waals surface area contributed by atoms with Crippen LogP contribution in [0.3, 0.4) is 0 Å². The molecule has 0 radical (unpaired) electrons. The van der Waals surface area contributed by atoms with Crippen LogP contribution in [-0.2, 0) is 4.79 Å². The average Bonchev–Trinajstić information content (AvgIpc) is 1.83. The predicted molar refractivity (Wildman–Crippen MR) is 36.8 cm³/mol. The summed E-state index contributed by atoms with van der Waals surface area (Å²) in [7, 11) is 0. The van der Waals surface area contributed by atoms with Gasteiger partial charge in [0.05, 0.1) is 0 Å². The normalized spacial score (nSPS) is 9.17. The minimum absolute atomic E-state index is 0.625. The lowest BCUT2D eigenvalue weighted by Gasteiger charge is -2.12. The molecule has 68 valence electrons. The van der Waals surface area contributed by atoms with Gasteiger partial charge in [-0.25, -0.2) is 9.59 Å². The molecule has 12 heavy (non-hydrogen) atoms. The van der Waals surface area contributed by atoms with Crippen LogP contribution in [-0.4, -0.2) is 34.3 Å². The Morgan fingerprint density at radius 1 is 1.08 bits per heavy atom. The second kappa shape index (κ2) is 4.16. The molecule has 0 saturated carbocycles. The first-order valence-electron chi connectivity index (χ1n) is 2.93. The van der Waals surface area contributed by atoms with Gasteiger partial charge in [0.15, 0.2) is 11.9 Å². The Balaban J connectivity index is 4.14. The number of amides is 2. The topological polar surface area (TPSA) is 116 Å². The summed E-state index contributed by atoms with van der Waals surface area (Å²) >= 11 is 0. The largest absolute Gasteiger partial charge is 0.465 e. The summed E-state index contributed by atoms with van der Waals surface area (Å²) in [6.07, 6.45) is -4.34. The minimum Gasteiger partial charge on any atom is -0.465 e. The Hall–Kier alpha value is -1.79. The van der Waals surface area contributed by atoms with Crippen LogP contribution < -0.4 is 10.6 Å². The number of carboxylic acid groups (broad SMARTS) is 2. The molecule has 0 saturated heterocycles. The smallest absolute Gasteiger partial charge is 0.406 e. The summed E-state index contributed by atoms with van der Waals surface area (Å²) in [4.78, 5) is 30.6. The van der Waals surface area contributed by atoms with E-state index in [1.54, 1.807) is 10.6 Å². The van der Waals surface area contributed by atoms with Crippen LogP contribution in [0.4, 0.5) is 9.59 Å². The second-order valence-corrected chi connectivity index (χ2v) is 1.94. The van der Waals surface area contributed by atoms with Crippen molar-refractivity contribution in [2.24, 2.45) is 0 Å². The fraction of sp³-hybridized carbons (Fsp3) is 0.400. The maximum atomic E-state index is 10.6. The van der Waals surface area contributed by atoms with Crippen LogP contribution in [0.25, 0.3) is 0 Å². The maximum Gasteiger partial charge on any atom is 0.406 e. The summed E-state index contributed by atoms with van der Waals surface area (Å²) in [6, 6.07) is 0. The zero-order chi connectivity index (χ0) is 9.72. The Bertz CT molecular complexity index is 198. The van der Waals surface area contributed by atoms with Gasteiger partial charge in [-0.2, -0.15) is 0 Å². The zero-order valence-electron chi connectivity index (χ0n) is 6.20.